The van der Waals surface area contributed by atoms with Gasteiger partial charge in [-0.05, 0) is 67.6 Å². The Kier molecular flexibility index (Phi) is 6.72. The van der Waals surface area contributed by atoms with Gasteiger partial charge >= 0.3 is 0 Å². The first-order chi connectivity index (χ1) is 17.0. The molecule has 3 aromatic heterocycles. The Morgan fingerprint density at radius 2 is 2.17 bits per heavy atom. The van der Waals surface area contributed by atoms with E-state index in [-0.39, 0.29) is 11.9 Å². The molecule has 1 saturated heterocycles. The predicted molar refractivity (Wildman–Crippen MR) is 134 cm³/mol. The fourth-order valence-corrected chi connectivity index (χ4v) is 4.82. The van der Waals surface area contributed by atoms with E-state index in [1.54, 1.807) is 42.5 Å². The summed E-state index contributed by atoms with van der Waals surface area (Å²) in [6, 6.07) is 9.23. The van der Waals surface area contributed by atoms with Crippen LogP contribution in [0.5, 0.6) is 0 Å². The minimum atomic E-state index is -0.147. The first kappa shape index (κ1) is 23.3. The molecule has 5 rings (SSSR count). The van der Waals surface area contributed by atoms with Gasteiger partial charge in [0.2, 0.25) is 0 Å². The molecule has 0 aliphatic carbocycles. The molecule has 1 aliphatic rings. The van der Waals surface area contributed by atoms with Crippen LogP contribution in [-0.2, 0) is 11.3 Å². The Morgan fingerprint density at radius 1 is 1.29 bits per heavy atom. The topological polar surface area (TPSA) is 98.1 Å². The molecule has 10 heteroatoms. The van der Waals surface area contributed by atoms with Gasteiger partial charge < -0.3 is 10.1 Å². The molecule has 1 atom stereocenters. The van der Waals surface area contributed by atoms with Crippen molar-refractivity contribution in [1.82, 2.24) is 30.3 Å². The fraction of sp³-hybridized carbons (Fsp3) is 0.320. The number of hydrogen-bond donors (Lipinski definition) is 1. The van der Waals surface area contributed by atoms with Crippen LogP contribution in [0.25, 0.3) is 16.6 Å². The number of nitrogens with one attached hydrogen (secondary N) is 1. The van der Waals surface area contributed by atoms with Crippen molar-refractivity contribution < 1.29 is 9.53 Å². The van der Waals surface area contributed by atoms with Crippen molar-refractivity contribution in [3.05, 3.63) is 70.8 Å². The van der Waals surface area contributed by atoms with Crippen molar-refractivity contribution in [2.75, 3.05) is 25.1 Å². The van der Waals surface area contributed by atoms with Crippen molar-refractivity contribution in [3.8, 4) is 5.82 Å². The summed E-state index contributed by atoms with van der Waals surface area (Å²) in [5.41, 5.74) is 2.15. The van der Waals surface area contributed by atoms with Crippen LogP contribution in [0.2, 0.25) is 5.02 Å². The van der Waals surface area contributed by atoms with Crippen LogP contribution in [0.15, 0.2) is 48.9 Å². The summed E-state index contributed by atoms with van der Waals surface area (Å²) >= 11 is 6.31. The molecule has 9 nitrogen and oxygen atoms in total. The van der Waals surface area contributed by atoms with Crippen LogP contribution in [0.4, 0.5) is 5.82 Å². The molecule has 35 heavy (non-hydrogen) atoms. The van der Waals surface area contributed by atoms with Gasteiger partial charge in [-0.1, -0.05) is 16.8 Å². The molecule has 1 fully saturated rings. The Labute approximate surface area is 208 Å². The Hall–Kier alpha value is -3.40. The minimum absolute atomic E-state index is 0.0315. The number of anilines is 1. The van der Waals surface area contributed by atoms with Crippen LogP contribution in [-0.4, -0.2) is 57.1 Å². The van der Waals surface area contributed by atoms with Crippen molar-refractivity contribution in [2.24, 2.45) is 0 Å². The van der Waals surface area contributed by atoms with E-state index < -0.39 is 0 Å². The first-order valence-corrected chi connectivity index (χ1v) is 11.9. The number of fused-ring (bicyclic) bond motifs is 1. The molecule has 4 aromatic rings. The quantitative estimate of drug-likeness (QED) is 0.439. The molecule has 1 aliphatic heterocycles. The third-order valence-corrected chi connectivity index (χ3v) is 6.37. The van der Waals surface area contributed by atoms with Gasteiger partial charge in [-0.2, -0.15) is 0 Å². The lowest BCUT2D eigenvalue weighted by Gasteiger charge is -2.34. The van der Waals surface area contributed by atoms with Gasteiger partial charge in [0.25, 0.3) is 5.91 Å². The van der Waals surface area contributed by atoms with Crippen LogP contribution in [0.1, 0.15) is 34.5 Å². The monoisotopic (exact) mass is 491 g/mol. The van der Waals surface area contributed by atoms with E-state index in [0.717, 1.165) is 35.7 Å². The molecule has 0 spiro atoms. The number of carbonyl (C=O) groups is 1. The van der Waals surface area contributed by atoms with E-state index in [0.29, 0.717) is 41.1 Å². The lowest BCUT2D eigenvalue weighted by Crippen LogP contribution is -2.49. The van der Waals surface area contributed by atoms with Gasteiger partial charge in [-0.25, -0.2) is 14.6 Å². The SMILES string of the molecule is COCc1cn(-c2ccc(C(=O)N(c3nccc4cc(Cl)cc(C)c34)C3CCCNC3)cn2)nn1. The lowest BCUT2D eigenvalue weighted by molar-refractivity contribution is 0.0971. The van der Waals surface area contributed by atoms with Gasteiger partial charge in [0, 0.05) is 36.5 Å². The number of nitrogens with zero attached hydrogens (tertiary/aromatic N) is 6. The van der Waals surface area contributed by atoms with Gasteiger partial charge in [-0.3, -0.25) is 9.69 Å². The molecule has 180 valence electrons. The zero-order valence-electron chi connectivity index (χ0n) is 19.6. The number of amides is 1. The number of ether oxygens (including phenoxy) is 1. The van der Waals surface area contributed by atoms with Crippen LogP contribution in [0, 0.1) is 6.92 Å². The average Bonchev–Trinajstić information content (AvgIpc) is 3.33. The Balaban J connectivity index is 1.53. The normalized spacial score (nSPS) is 15.9. The molecule has 1 unspecified atom stereocenters. The van der Waals surface area contributed by atoms with Gasteiger partial charge in [0.1, 0.15) is 11.5 Å². The van der Waals surface area contributed by atoms with Gasteiger partial charge in [-0.15, -0.1) is 5.10 Å². The average molecular weight is 492 g/mol. The van der Waals surface area contributed by atoms with Crippen molar-refractivity contribution >= 4 is 34.1 Å². The highest BCUT2D eigenvalue weighted by Crippen LogP contribution is 2.33. The van der Waals surface area contributed by atoms with Crippen molar-refractivity contribution in [3.63, 3.8) is 0 Å². The van der Waals surface area contributed by atoms with E-state index in [2.05, 4.69) is 25.6 Å². The molecule has 0 bridgehead atoms. The molecule has 1 N–H and O–H groups in total. The highest BCUT2D eigenvalue weighted by Gasteiger charge is 2.30. The zero-order valence-corrected chi connectivity index (χ0v) is 20.4. The summed E-state index contributed by atoms with van der Waals surface area (Å²) in [5.74, 6) is 1.06. The van der Waals surface area contributed by atoms with Crippen LogP contribution in [0.3, 0.4) is 0 Å². The highest BCUT2D eigenvalue weighted by atomic mass is 35.5. The molecule has 0 radical (unpaired) electrons. The zero-order chi connectivity index (χ0) is 24.4. The maximum absolute atomic E-state index is 13.9. The first-order valence-electron chi connectivity index (χ1n) is 11.5. The smallest absolute Gasteiger partial charge is 0.261 e. The number of carbonyl (C=O) groups excluding carboxylic acids is 1. The second kappa shape index (κ2) is 10.1. The number of aromatic nitrogens is 5. The number of rotatable bonds is 6. The predicted octanol–water partition coefficient (Wildman–Crippen LogP) is 3.72. The second-order valence-corrected chi connectivity index (χ2v) is 9.06. The largest absolute Gasteiger partial charge is 0.378 e. The van der Waals surface area contributed by atoms with Crippen molar-refractivity contribution in [2.45, 2.75) is 32.4 Å². The third kappa shape index (κ3) is 4.75. The van der Waals surface area contributed by atoms with Crippen molar-refractivity contribution in [1.29, 1.82) is 0 Å². The van der Waals surface area contributed by atoms with E-state index in [9.17, 15) is 4.79 Å². The molecule has 1 aromatic carbocycles. The third-order valence-electron chi connectivity index (χ3n) is 6.15. The maximum atomic E-state index is 13.9. The van der Waals surface area contributed by atoms with E-state index in [1.165, 1.54) is 0 Å². The summed E-state index contributed by atoms with van der Waals surface area (Å²) in [7, 11) is 1.60. The summed E-state index contributed by atoms with van der Waals surface area (Å²) in [6.45, 7) is 4.00. The standard InChI is InChI=1S/C25H26ClN7O2/c1-16-10-19(26)11-17-7-9-28-24(23(16)17)33(21-4-3-8-27-13-21)25(34)18-5-6-22(29-12-18)32-14-20(15-35-2)30-31-32/h5-7,9-12,14,21,27H,3-4,8,13,15H2,1-2H3. The molecule has 4 heterocycles. The maximum Gasteiger partial charge on any atom is 0.261 e. The van der Waals surface area contributed by atoms with Crippen LogP contribution >= 0.6 is 11.6 Å². The Morgan fingerprint density at radius 3 is 2.91 bits per heavy atom. The number of piperidine rings is 1. The van der Waals surface area contributed by atoms with E-state index in [1.807, 2.05) is 30.0 Å². The van der Waals surface area contributed by atoms with E-state index in [4.69, 9.17) is 16.3 Å². The minimum Gasteiger partial charge on any atom is -0.378 e. The van der Waals surface area contributed by atoms with Gasteiger partial charge in [0.05, 0.1) is 24.4 Å². The summed E-state index contributed by atoms with van der Waals surface area (Å²) in [5, 5.41) is 14.1. The highest BCUT2D eigenvalue weighted by molar-refractivity contribution is 6.31. The van der Waals surface area contributed by atoms with Crippen LogP contribution < -0.4 is 10.2 Å². The number of hydrogen-bond acceptors (Lipinski definition) is 7. The number of halogens is 1. The second-order valence-electron chi connectivity index (χ2n) is 8.62. The lowest BCUT2D eigenvalue weighted by atomic mass is 10.0. The Bertz CT molecular complexity index is 1350. The summed E-state index contributed by atoms with van der Waals surface area (Å²) < 4.78 is 6.65. The summed E-state index contributed by atoms with van der Waals surface area (Å²) in [4.78, 5) is 24.9. The molecule has 1 amide bonds. The number of pyridine rings is 2. The van der Waals surface area contributed by atoms with Gasteiger partial charge in [0.15, 0.2) is 5.82 Å². The molecular formula is C25H26ClN7O2. The summed E-state index contributed by atoms with van der Waals surface area (Å²) in [6.07, 6.45) is 6.93. The number of methoxy groups -OCH3 is 1. The fourth-order valence-electron chi connectivity index (χ4n) is 4.54. The number of aryl methyl sites for hydroxylation is 1. The molecule has 0 saturated carbocycles. The number of benzene rings is 1. The molecular weight excluding hydrogens is 466 g/mol. The van der Waals surface area contributed by atoms with E-state index >= 15 is 0 Å².